The van der Waals surface area contributed by atoms with Crippen LogP contribution in [0.25, 0.3) is 10.9 Å². The highest BCUT2D eigenvalue weighted by atomic mass is 19.1. The fourth-order valence-corrected chi connectivity index (χ4v) is 3.65. The molecule has 0 saturated heterocycles. The summed E-state index contributed by atoms with van der Waals surface area (Å²) in [7, 11) is 0. The standard InChI is InChI=1S/C21H21FN2O/c1-2-24(14-15-6-4-3-5-7-15)20(25)21(10-11-21)18-13-23-19-9-8-16(22)12-17(18)19/h3-9,12-13,23H,2,10-11,14H2,1H3. The molecule has 1 aliphatic carbocycles. The number of aromatic nitrogens is 1. The molecule has 0 radical (unpaired) electrons. The van der Waals surface area contributed by atoms with Crippen LogP contribution in [0.4, 0.5) is 4.39 Å². The highest BCUT2D eigenvalue weighted by Gasteiger charge is 2.54. The number of benzene rings is 2. The summed E-state index contributed by atoms with van der Waals surface area (Å²) >= 11 is 0. The van der Waals surface area contributed by atoms with Crippen LogP contribution in [-0.4, -0.2) is 22.3 Å². The monoisotopic (exact) mass is 336 g/mol. The van der Waals surface area contributed by atoms with Gasteiger partial charge in [0.1, 0.15) is 5.82 Å². The number of carbonyl (C=O) groups excluding carboxylic acids is 1. The summed E-state index contributed by atoms with van der Waals surface area (Å²) in [6, 6.07) is 14.7. The van der Waals surface area contributed by atoms with Crippen molar-refractivity contribution in [3.63, 3.8) is 0 Å². The molecule has 0 aliphatic heterocycles. The van der Waals surface area contributed by atoms with Crippen molar-refractivity contribution in [1.29, 1.82) is 0 Å². The van der Waals surface area contributed by atoms with Crippen LogP contribution in [0.5, 0.6) is 0 Å². The Kier molecular flexibility index (Phi) is 3.83. The van der Waals surface area contributed by atoms with Gasteiger partial charge in [0, 0.05) is 30.2 Å². The summed E-state index contributed by atoms with van der Waals surface area (Å²) in [5.74, 6) is -0.128. The molecule has 128 valence electrons. The summed E-state index contributed by atoms with van der Waals surface area (Å²) in [6.07, 6.45) is 3.52. The van der Waals surface area contributed by atoms with Crippen LogP contribution in [0.2, 0.25) is 0 Å². The van der Waals surface area contributed by atoms with Crippen LogP contribution < -0.4 is 0 Å². The maximum absolute atomic E-state index is 13.7. The molecule has 0 atom stereocenters. The van der Waals surface area contributed by atoms with Crippen molar-refractivity contribution in [2.45, 2.75) is 31.7 Å². The summed E-state index contributed by atoms with van der Waals surface area (Å²) in [5.41, 5.74) is 2.43. The first kappa shape index (κ1) is 15.9. The molecule has 3 nitrogen and oxygen atoms in total. The fourth-order valence-electron chi connectivity index (χ4n) is 3.65. The molecule has 1 aliphatic rings. The van der Waals surface area contributed by atoms with Crippen molar-refractivity contribution >= 4 is 16.8 Å². The van der Waals surface area contributed by atoms with E-state index in [1.165, 1.54) is 12.1 Å². The Bertz CT molecular complexity index is 912. The third-order valence-corrected chi connectivity index (χ3v) is 5.20. The van der Waals surface area contributed by atoms with Gasteiger partial charge in [-0.3, -0.25) is 4.79 Å². The molecule has 1 saturated carbocycles. The van der Waals surface area contributed by atoms with E-state index >= 15 is 0 Å². The number of H-pyrrole nitrogens is 1. The Morgan fingerprint density at radius 3 is 2.64 bits per heavy atom. The van der Waals surface area contributed by atoms with Crippen LogP contribution in [0.3, 0.4) is 0 Å². The zero-order chi connectivity index (χ0) is 17.4. The number of fused-ring (bicyclic) bond motifs is 1. The summed E-state index contributed by atoms with van der Waals surface area (Å²) in [5, 5.41) is 0.821. The largest absolute Gasteiger partial charge is 0.361 e. The Hall–Kier alpha value is -2.62. The lowest BCUT2D eigenvalue weighted by molar-refractivity contribution is -0.134. The molecule has 1 heterocycles. The first-order valence-corrected chi connectivity index (χ1v) is 8.74. The smallest absolute Gasteiger partial charge is 0.233 e. The van der Waals surface area contributed by atoms with Gasteiger partial charge in [-0.2, -0.15) is 0 Å². The summed E-state index contributed by atoms with van der Waals surface area (Å²) < 4.78 is 13.7. The summed E-state index contributed by atoms with van der Waals surface area (Å²) in [4.78, 5) is 18.4. The van der Waals surface area contributed by atoms with Crippen LogP contribution in [0.1, 0.15) is 30.9 Å². The van der Waals surface area contributed by atoms with Gasteiger partial charge in [-0.05, 0) is 49.1 Å². The third-order valence-electron chi connectivity index (χ3n) is 5.20. The predicted molar refractivity (Wildman–Crippen MR) is 96.7 cm³/mol. The molecule has 2 aromatic carbocycles. The number of nitrogens with zero attached hydrogens (tertiary/aromatic N) is 1. The molecule has 4 rings (SSSR count). The number of nitrogens with one attached hydrogen (secondary N) is 1. The van der Waals surface area contributed by atoms with Gasteiger partial charge in [-0.25, -0.2) is 4.39 Å². The van der Waals surface area contributed by atoms with E-state index in [2.05, 4.69) is 4.98 Å². The van der Waals surface area contributed by atoms with E-state index < -0.39 is 5.41 Å². The maximum atomic E-state index is 13.7. The van der Waals surface area contributed by atoms with Gasteiger partial charge in [-0.1, -0.05) is 30.3 Å². The lowest BCUT2D eigenvalue weighted by Crippen LogP contribution is -2.38. The molecule has 1 amide bonds. The average molecular weight is 336 g/mol. The van der Waals surface area contributed by atoms with Gasteiger partial charge >= 0.3 is 0 Å². The number of likely N-dealkylation sites (N-methyl/N-ethyl adjacent to an activating group) is 1. The van der Waals surface area contributed by atoms with Crippen LogP contribution >= 0.6 is 0 Å². The lowest BCUT2D eigenvalue weighted by atomic mass is 9.93. The number of halogens is 1. The Balaban J connectivity index is 1.67. The molecule has 1 aromatic heterocycles. The topological polar surface area (TPSA) is 36.1 Å². The van der Waals surface area contributed by atoms with Crippen molar-refractivity contribution < 1.29 is 9.18 Å². The van der Waals surface area contributed by atoms with E-state index in [9.17, 15) is 9.18 Å². The molecule has 4 heteroatoms. The van der Waals surface area contributed by atoms with Gasteiger partial charge in [-0.15, -0.1) is 0 Å². The third kappa shape index (κ3) is 2.72. The molecule has 25 heavy (non-hydrogen) atoms. The van der Waals surface area contributed by atoms with Gasteiger partial charge < -0.3 is 9.88 Å². The van der Waals surface area contributed by atoms with Crippen molar-refractivity contribution in [2.24, 2.45) is 0 Å². The second kappa shape index (κ2) is 6.03. The number of aromatic amines is 1. The minimum Gasteiger partial charge on any atom is -0.361 e. The van der Waals surface area contributed by atoms with E-state index in [0.29, 0.717) is 13.1 Å². The maximum Gasteiger partial charge on any atom is 0.233 e. The molecular weight excluding hydrogens is 315 g/mol. The van der Waals surface area contributed by atoms with Crippen LogP contribution in [0.15, 0.2) is 54.7 Å². The second-order valence-electron chi connectivity index (χ2n) is 6.78. The average Bonchev–Trinajstić information content (AvgIpc) is 3.34. The Morgan fingerprint density at radius 1 is 1.20 bits per heavy atom. The first-order valence-electron chi connectivity index (χ1n) is 8.74. The van der Waals surface area contributed by atoms with Gasteiger partial charge in [0.15, 0.2) is 0 Å². The highest BCUT2D eigenvalue weighted by Crippen LogP contribution is 2.52. The number of rotatable bonds is 5. The Labute approximate surface area is 146 Å². The quantitative estimate of drug-likeness (QED) is 0.737. The minimum absolute atomic E-state index is 0.143. The molecule has 1 N–H and O–H groups in total. The molecule has 0 unspecified atom stereocenters. The predicted octanol–water partition coefficient (Wildman–Crippen LogP) is 4.39. The zero-order valence-electron chi connectivity index (χ0n) is 14.3. The van der Waals surface area contributed by atoms with E-state index in [1.54, 1.807) is 6.07 Å². The number of carbonyl (C=O) groups is 1. The van der Waals surface area contributed by atoms with Gasteiger partial charge in [0.2, 0.25) is 5.91 Å². The fraction of sp³-hybridized carbons (Fsp3) is 0.286. The van der Waals surface area contributed by atoms with Crippen LogP contribution in [-0.2, 0) is 16.8 Å². The lowest BCUT2D eigenvalue weighted by Gasteiger charge is -2.26. The van der Waals surface area contributed by atoms with E-state index in [4.69, 9.17) is 0 Å². The number of hydrogen-bond acceptors (Lipinski definition) is 1. The summed E-state index contributed by atoms with van der Waals surface area (Å²) in [6.45, 7) is 3.27. The van der Waals surface area contributed by atoms with Gasteiger partial charge in [0.05, 0.1) is 5.41 Å². The molecule has 1 fully saturated rings. The Morgan fingerprint density at radius 2 is 1.96 bits per heavy atom. The highest BCUT2D eigenvalue weighted by molar-refractivity contribution is 5.97. The van der Waals surface area contributed by atoms with E-state index in [0.717, 1.165) is 34.9 Å². The molecular formula is C21H21FN2O. The molecule has 0 bridgehead atoms. The zero-order valence-corrected chi connectivity index (χ0v) is 14.3. The minimum atomic E-state index is -0.503. The number of hydrogen-bond donors (Lipinski definition) is 1. The van der Waals surface area contributed by atoms with E-state index in [-0.39, 0.29) is 11.7 Å². The normalized spacial score (nSPS) is 15.3. The van der Waals surface area contributed by atoms with Crippen LogP contribution in [0, 0.1) is 5.82 Å². The van der Waals surface area contributed by atoms with Gasteiger partial charge in [0.25, 0.3) is 0 Å². The molecule has 3 aromatic rings. The van der Waals surface area contributed by atoms with Crippen molar-refractivity contribution in [3.8, 4) is 0 Å². The number of amides is 1. The SMILES string of the molecule is CCN(Cc1ccccc1)C(=O)C1(c2c[nH]c3ccc(F)cc23)CC1. The van der Waals surface area contributed by atoms with Crippen molar-refractivity contribution in [2.75, 3.05) is 6.54 Å². The second-order valence-corrected chi connectivity index (χ2v) is 6.78. The first-order chi connectivity index (χ1) is 12.1. The molecule has 0 spiro atoms. The van der Waals surface area contributed by atoms with Crippen molar-refractivity contribution in [1.82, 2.24) is 9.88 Å². The van der Waals surface area contributed by atoms with E-state index in [1.807, 2.05) is 48.4 Å². The van der Waals surface area contributed by atoms with Crippen molar-refractivity contribution in [3.05, 3.63) is 71.7 Å².